The van der Waals surface area contributed by atoms with Crippen LogP contribution in [0.15, 0.2) is 24.3 Å². The first-order chi connectivity index (χ1) is 8.20. The van der Waals surface area contributed by atoms with Crippen LogP contribution >= 0.6 is 0 Å². The summed E-state index contributed by atoms with van der Waals surface area (Å²) < 4.78 is 5.98. The Morgan fingerprint density at radius 3 is 2.76 bits per heavy atom. The van der Waals surface area contributed by atoms with Crippen LogP contribution in [0.3, 0.4) is 0 Å². The maximum absolute atomic E-state index is 10.0. The molecule has 1 aliphatic carbocycles. The zero-order valence-electron chi connectivity index (χ0n) is 10.7. The van der Waals surface area contributed by atoms with Crippen LogP contribution in [0.4, 0.5) is 0 Å². The van der Waals surface area contributed by atoms with Gasteiger partial charge in [0.1, 0.15) is 11.9 Å². The van der Waals surface area contributed by atoms with E-state index in [0.717, 1.165) is 30.6 Å². The maximum Gasteiger partial charge on any atom is 0.125 e. The molecule has 1 aliphatic rings. The Morgan fingerprint density at radius 1 is 1.29 bits per heavy atom. The van der Waals surface area contributed by atoms with Crippen molar-refractivity contribution in [1.29, 1.82) is 0 Å². The number of para-hydroxylation sites is 1. The summed E-state index contributed by atoms with van der Waals surface area (Å²) in [7, 11) is 0. The van der Waals surface area contributed by atoms with Crippen LogP contribution in [0.25, 0.3) is 0 Å². The van der Waals surface area contributed by atoms with Gasteiger partial charge in [-0.15, -0.1) is 0 Å². The van der Waals surface area contributed by atoms with Gasteiger partial charge in [0.25, 0.3) is 0 Å². The first-order valence-electron chi connectivity index (χ1n) is 6.61. The summed E-state index contributed by atoms with van der Waals surface area (Å²) in [5.41, 5.74) is 1.14. The van der Waals surface area contributed by atoms with Gasteiger partial charge in [0.2, 0.25) is 0 Å². The molecule has 2 nitrogen and oxygen atoms in total. The molecule has 0 heterocycles. The fourth-order valence-electron chi connectivity index (χ4n) is 2.55. The average Bonchev–Trinajstić information content (AvgIpc) is 2.35. The highest BCUT2D eigenvalue weighted by Crippen LogP contribution is 2.30. The molecule has 3 unspecified atom stereocenters. The van der Waals surface area contributed by atoms with E-state index in [9.17, 15) is 5.11 Å². The first kappa shape index (κ1) is 12.4. The standard InChI is InChI=1S/C15H22O2/c1-3-12-8-9-13(16)15(10-12)17-14-7-5-4-6-11(14)2/h4-7,12-13,15-16H,3,8-10H2,1-2H3. The summed E-state index contributed by atoms with van der Waals surface area (Å²) in [6, 6.07) is 8.02. The zero-order valence-corrected chi connectivity index (χ0v) is 10.7. The van der Waals surface area contributed by atoms with Gasteiger partial charge >= 0.3 is 0 Å². The first-order valence-corrected chi connectivity index (χ1v) is 6.61. The minimum atomic E-state index is -0.308. The van der Waals surface area contributed by atoms with E-state index in [1.165, 1.54) is 6.42 Å². The van der Waals surface area contributed by atoms with Gasteiger partial charge in [-0.05, 0) is 43.7 Å². The molecule has 2 rings (SSSR count). The molecule has 0 bridgehead atoms. The number of aliphatic hydroxyl groups is 1. The third kappa shape index (κ3) is 3.01. The maximum atomic E-state index is 10.0. The van der Waals surface area contributed by atoms with Crippen molar-refractivity contribution in [2.75, 3.05) is 0 Å². The van der Waals surface area contributed by atoms with Crippen LogP contribution in [-0.4, -0.2) is 17.3 Å². The van der Waals surface area contributed by atoms with Crippen LogP contribution in [0.1, 0.15) is 38.2 Å². The van der Waals surface area contributed by atoms with E-state index in [1.807, 2.05) is 31.2 Å². The van der Waals surface area contributed by atoms with E-state index in [4.69, 9.17) is 4.74 Å². The van der Waals surface area contributed by atoms with E-state index in [-0.39, 0.29) is 12.2 Å². The minimum Gasteiger partial charge on any atom is -0.487 e. The number of aryl methyl sites for hydroxylation is 1. The van der Waals surface area contributed by atoms with Crippen molar-refractivity contribution in [3.8, 4) is 5.75 Å². The van der Waals surface area contributed by atoms with Gasteiger partial charge in [-0.3, -0.25) is 0 Å². The second-order valence-electron chi connectivity index (χ2n) is 5.08. The van der Waals surface area contributed by atoms with E-state index in [0.29, 0.717) is 5.92 Å². The Hall–Kier alpha value is -1.02. The highest BCUT2D eigenvalue weighted by atomic mass is 16.5. The summed E-state index contributed by atoms with van der Waals surface area (Å²) in [5.74, 6) is 1.61. The molecule has 0 radical (unpaired) electrons. The molecule has 0 aromatic heterocycles. The van der Waals surface area contributed by atoms with Crippen LogP contribution in [0.2, 0.25) is 0 Å². The summed E-state index contributed by atoms with van der Waals surface area (Å²) >= 11 is 0. The molecule has 3 atom stereocenters. The lowest BCUT2D eigenvalue weighted by atomic mass is 9.84. The van der Waals surface area contributed by atoms with Gasteiger partial charge in [0.05, 0.1) is 6.10 Å². The SMILES string of the molecule is CCC1CCC(O)C(Oc2ccccc2C)C1. The third-order valence-electron chi connectivity index (χ3n) is 3.81. The zero-order chi connectivity index (χ0) is 12.3. The number of hydrogen-bond acceptors (Lipinski definition) is 2. The number of ether oxygens (including phenoxy) is 1. The highest BCUT2D eigenvalue weighted by Gasteiger charge is 2.30. The monoisotopic (exact) mass is 234 g/mol. The van der Waals surface area contributed by atoms with Crippen molar-refractivity contribution in [2.24, 2.45) is 5.92 Å². The number of aliphatic hydroxyl groups excluding tert-OH is 1. The normalized spacial score (nSPS) is 29.0. The van der Waals surface area contributed by atoms with Crippen LogP contribution in [0, 0.1) is 12.8 Å². The molecule has 94 valence electrons. The molecular formula is C15H22O2. The predicted molar refractivity (Wildman–Crippen MR) is 69.2 cm³/mol. The fourth-order valence-corrected chi connectivity index (χ4v) is 2.55. The van der Waals surface area contributed by atoms with Gasteiger partial charge in [0.15, 0.2) is 0 Å². The Kier molecular flexibility index (Phi) is 4.06. The van der Waals surface area contributed by atoms with Crippen molar-refractivity contribution < 1.29 is 9.84 Å². The van der Waals surface area contributed by atoms with Crippen molar-refractivity contribution in [3.63, 3.8) is 0 Å². The van der Waals surface area contributed by atoms with Crippen LogP contribution in [-0.2, 0) is 0 Å². The molecule has 1 saturated carbocycles. The summed E-state index contributed by atoms with van der Waals surface area (Å²) in [5, 5.41) is 10.0. The molecule has 1 fully saturated rings. The van der Waals surface area contributed by atoms with E-state index < -0.39 is 0 Å². The van der Waals surface area contributed by atoms with Crippen molar-refractivity contribution >= 4 is 0 Å². The third-order valence-corrected chi connectivity index (χ3v) is 3.81. The lowest BCUT2D eigenvalue weighted by molar-refractivity contribution is -0.0112. The summed E-state index contributed by atoms with van der Waals surface area (Å²) in [6.45, 7) is 4.26. The lowest BCUT2D eigenvalue weighted by Gasteiger charge is -2.33. The van der Waals surface area contributed by atoms with Crippen molar-refractivity contribution in [1.82, 2.24) is 0 Å². The molecule has 0 aliphatic heterocycles. The van der Waals surface area contributed by atoms with Gasteiger partial charge in [-0.2, -0.15) is 0 Å². The minimum absolute atomic E-state index is 0.0326. The fraction of sp³-hybridized carbons (Fsp3) is 0.600. The van der Waals surface area contributed by atoms with E-state index >= 15 is 0 Å². The average molecular weight is 234 g/mol. The Bertz CT molecular complexity index is 362. The quantitative estimate of drug-likeness (QED) is 0.869. The summed E-state index contributed by atoms with van der Waals surface area (Å²) in [4.78, 5) is 0. The molecule has 0 spiro atoms. The van der Waals surface area contributed by atoms with Crippen molar-refractivity contribution in [2.45, 2.75) is 51.7 Å². The Morgan fingerprint density at radius 2 is 2.06 bits per heavy atom. The molecule has 17 heavy (non-hydrogen) atoms. The van der Waals surface area contributed by atoms with E-state index in [2.05, 4.69) is 6.92 Å². The van der Waals surface area contributed by atoms with Crippen molar-refractivity contribution in [3.05, 3.63) is 29.8 Å². The predicted octanol–water partition coefficient (Wildman–Crippen LogP) is 3.31. The number of rotatable bonds is 3. The smallest absolute Gasteiger partial charge is 0.125 e. The Balaban J connectivity index is 2.04. The molecular weight excluding hydrogens is 212 g/mol. The summed E-state index contributed by atoms with van der Waals surface area (Å²) in [6.07, 6.45) is 3.82. The molecule has 0 saturated heterocycles. The van der Waals surface area contributed by atoms with Gasteiger partial charge in [-0.1, -0.05) is 31.5 Å². The number of benzene rings is 1. The van der Waals surface area contributed by atoms with Gasteiger partial charge in [0, 0.05) is 0 Å². The van der Waals surface area contributed by atoms with Gasteiger partial charge in [-0.25, -0.2) is 0 Å². The van der Waals surface area contributed by atoms with E-state index in [1.54, 1.807) is 0 Å². The topological polar surface area (TPSA) is 29.5 Å². The highest BCUT2D eigenvalue weighted by molar-refractivity contribution is 5.32. The molecule has 1 aromatic carbocycles. The second-order valence-corrected chi connectivity index (χ2v) is 5.08. The van der Waals surface area contributed by atoms with Gasteiger partial charge < -0.3 is 9.84 Å². The molecule has 1 N–H and O–H groups in total. The van der Waals surface area contributed by atoms with Crippen LogP contribution < -0.4 is 4.74 Å². The van der Waals surface area contributed by atoms with Crippen LogP contribution in [0.5, 0.6) is 5.75 Å². The second kappa shape index (κ2) is 5.54. The Labute approximate surface area is 104 Å². The number of hydrogen-bond donors (Lipinski definition) is 1. The largest absolute Gasteiger partial charge is 0.487 e. The molecule has 2 heteroatoms. The lowest BCUT2D eigenvalue weighted by Crippen LogP contribution is -2.38. The molecule has 1 aromatic rings. The molecule has 0 amide bonds.